The van der Waals surface area contributed by atoms with E-state index in [1.54, 1.807) is 0 Å². The van der Waals surface area contributed by atoms with Crippen molar-refractivity contribution >= 4 is 0 Å². The predicted molar refractivity (Wildman–Crippen MR) is 86.7 cm³/mol. The lowest BCUT2D eigenvalue weighted by molar-refractivity contribution is -0.00800. The third-order valence-corrected chi connectivity index (χ3v) is 5.81. The minimum atomic E-state index is 0.720. The lowest BCUT2D eigenvalue weighted by Crippen LogP contribution is -2.53. The summed E-state index contributed by atoms with van der Waals surface area (Å²) >= 11 is 0. The van der Waals surface area contributed by atoms with Crippen LogP contribution in [0.15, 0.2) is 0 Å². The molecule has 0 atom stereocenters. The lowest BCUT2D eigenvalue weighted by atomic mass is 9.96. The van der Waals surface area contributed by atoms with E-state index in [0.29, 0.717) is 0 Å². The number of ether oxygens (including phenoxy) is 1. The highest BCUT2D eigenvalue weighted by molar-refractivity contribution is 4.87. The zero-order valence-electron chi connectivity index (χ0n) is 14.0. The first-order valence-electron chi connectivity index (χ1n) is 9.04. The van der Waals surface area contributed by atoms with E-state index in [9.17, 15) is 0 Å². The van der Waals surface area contributed by atoms with E-state index >= 15 is 0 Å². The number of hydrogen-bond acceptors (Lipinski definition) is 4. The Morgan fingerprint density at radius 2 is 1.19 bits per heavy atom. The maximum atomic E-state index is 5.48. The van der Waals surface area contributed by atoms with Crippen LogP contribution in [0.2, 0.25) is 0 Å². The molecule has 3 aliphatic heterocycles. The molecule has 0 aromatic heterocycles. The maximum Gasteiger partial charge on any atom is 0.0594 e. The average molecular weight is 295 g/mol. The van der Waals surface area contributed by atoms with Crippen LogP contribution >= 0.6 is 0 Å². The van der Waals surface area contributed by atoms with Gasteiger partial charge in [0, 0.05) is 31.2 Å². The van der Waals surface area contributed by atoms with Gasteiger partial charge in [-0.2, -0.15) is 0 Å². The second-order valence-corrected chi connectivity index (χ2v) is 7.28. The lowest BCUT2D eigenvalue weighted by Gasteiger charge is -2.45. The van der Waals surface area contributed by atoms with E-state index in [-0.39, 0.29) is 0 Å². The predicted octanol–water partition coefficient (Wildman–Crippen LogP) is 1.66. The van der Waals surface area contributed by atoms with E-state index in [1.807, 2.05) is 0 Å². The van der Waals surface area contributed by atoms with Gasteiger partial charge in [-0.15, -0.1) is 0 Å². The Morgan fingerprint density at radius 3 is 1.71 bits per heavy atom. The van der Waals surface area contributed by atoms with Gasteiger partial charge < -0.3 is 14.5 Å². The van der Waals surface area contributed by atoms with Gasteiger partial charge in [0.2, 0.25) is 0 Å². The molecule has 0 aromatic carbocycles. The van der Waals surface area contributed by atoms with Gasteiger partial charge in [0.15, 0.2) is 0 Å². The Bertz CT molecular complexity index is 301. The Morgan fingerprint density at radius 1 is 0.714 bits per heavy atom. The smallest absolute Gasteiger partial charge is 0.0594 e. The Kier molecular flexibility index (Phi) is 5.54. The monoisotopic (exact) mass is 295 g/mol. The highest BCUT2D eigenvalue weighted by Crippen LogP contribution is 2.24. The molecule has 3 aliphatic rings. The molecule has 0 amide bonds. The van der Waals surface area contributed by atoms with E-state index in [0.717, 1.165) is 44.4 Å². The summed E-state index contributed by atoms with van der Waals surface area (Å²) in [5.41, 5.74) is 0. The Labute approximate surface area is 130 Å². The van der Waals surface area contributed by atoms with Gasteiger partial charge in [0.1, 0.15) is 0 Å². The van der Waals surface area contributed by atoms with Gasteiger partial charge in [-0.1, -0.05) is 0 Å². The molecule has 3 fully saturated rings. The zero-order chi connectivity index (χ0) is 14.7. The first-order valence-corrected chi connectivity index (χ1v) is 9.04. The van der Waals surface area contributed by atoms with Crippen LogP contribution in [0.25, 0.3) is 0 Å². The standard InChI is InChI=1S/C17H33N3O/c1-15(2)18-7-3-16(4-8-18)19-9-5-17(6-10-19)20-11-13-21-14-12-20/h15-17H,3-14H2,1-2H3. The molecule has 0 saturated carbocycles. The van der Waals surface area contributed by atoms with Crippen molar-refractivity contribution in [3.05, 3.63) is 0 Å². The average Bonchev–Trinajstić information content (AvgIpc) is 2.56. The van der Waals surface area contributed by atoms with Gasteiger partial charge in [-0.05, 0) is 65.7 Å². The number of morpholine rings is 1. The first-order chi connectivity index (χ1) is 10.2. The van der Waals surface area contributed by atoms with Crippen molar-refractivity contribution in [2.24, 2.45) is 0 Å². The van der Waals surface area contributed by atoms with Crippen LogP contribution < -0.4 is 0 Å². The van der Waals surface area contributed by atoms with E-state index in [1.165, 1.54) is 51.9 Å². The Hall–Kier alpha value is -0.160. The Balaban J connectivity index is 1.41. The summed E-state index contributed by atoms with van der Waals surface area (Å²) in [6, 6.07) is 2.39. The number of hydrogen-bond donors (Lipinski definition) is 0. The fourth-order valence-electron chi connectivity index (χ4n) is 4.33. The van der Waals surface area contributed by atoms with Gasteiger partial charge in [0.05, 0.1) is 13.2 Å². The molecule has 0 aliphatic carbocycles. The van der Waals surface area contributed by atoms with Crippen LogP contribution in [0.3, 0.4) is 0 Å². The molecular weight excluding hydrogens is 262 g/mol. The van der Waals surface area contributed by atoms with E-state index in [2.05, 4.69) is 28.5 Å². The third-order valence-electron chi connectivity index (χ3n) is 5.81. The number of rotatable bonds is 3. The summed E-state index contributed by atoms with van der Waals surface area (Å²) < 4.78 is 5.48. The van der Waals surface area contributed by atoms with Crippen molar-refractivity contribution in [3.8, 4) is 0 Å². The minimum absolute atomic E-state index is 0.720. The second-order valence-electron chi connectivity index (χ2n) is 7.28. The molecule has 122 valence electrons. The van der Waals surface area contributed by atoms with Crippen molar-refractivity contribution in [3.63, 3.8) is 0 Å². The summed E-state index contributed by atoms with van der Waals surface area (Å²) in [4.78, 5) is 8.09. The molecule has 0 aromatic rings. The van der Waals surface area contributed by atoms with Crippen molar-refractivity contribution in [1.82, 2.24) is 14.7 Å². The summed E-state index contributed by atoms with van der Waals surface area (Å²) in [5, 5.41) is 0. The van der Waals surface area contributed by atoms with Crippen molar-refractivity contribution < 1.29 is 4.74 Å². The van der Waals surface area contributed by atoms with Crippen LogP contribution in [0, 0.1) is 0 Å². The highest BCUT2D eigenvalue weighted by atomic mass is 16.5. The number of likely N-dealkylation sites (tertiary alicyclic amines) is 2. The van der Waals surface area contributed by atoms with Gasteiger partial charge in [-0.25, -0.2) is 0 Å². The van der Waals surface area contributed by atoms with Gasteiger partial charge in [-0.3, -0.25) is 4.90 Å². The summed E-state index contributed by atoms with van der Waals surface area (Å²) in [5.74, 6) is 0. The topological polar surface area (TPSA) is 19.0 Å². The molecule has 3 heterocycles. The molecule has 0 bridgehead atoms. The first kappa shape index (κ1) is 15.7. The minimum Gasteiger partial charge on any atom is -0.379 e. The van der Waals surface area contributed by atoms with Crippen molar-refractivity contribution in [2.75, 3.05) is 52.5 Å². The maximum absolute atomic E-state index is 5.48. The highest BCUT2D eigenvalue weighted by Gasteiger charge is 2.31. The summed E-state index contributed by atoms with van der Waals surface area (Å²) in [6.07, 6.45) is 5.48. The van der Waals surface area contributed by atoms with E-state index in [4.69, 9.17) is 4.74 Å². The normalized spacial score (nSPS) is 29.3. The largest absolute Gasteiger partial charge is 0.379 e. The molecule has 3 saturated heterocycles. The van der Waals surface area contributed by atoms with Crippen LogP contribution in [-0.2, 0) is 4.74 Å². The quantitative estimate of drug-likeness (QED) is 0.788. The molecule has 0 N–H and O–H groups in total. The zero-order valence-corrected chi connectivity index (χ0v) is 14.0. The molecule has 0 radical (unpaired) electrons. The third kappa shape index (κ3) is 3.98. The van der Waals surface area contributed by atoms with Crippen molar-refractivity contribution in [2.45, 2.75) is 57.7 Å². The van der Waals surface area contributed by atoms with Crippen LogP contribution in [-0.4, -0.2) is 85.3 Å². The fourth-order valence-corrected chi connectivity index (χ4v) is 4.33. The van der Waals surface area contributed by atoms with Gasteiger partial charge >= 0.3 is 0 Å². The van der Waals surface area contributed by atoms with Crippen molar-refractivity contribution in [1.29, 1.82) is 0 Å². The van der Waals surface area contributed by atoms with Crippen LogP contribution in [0.4, 0.5) is 0 Å². The molecule has 3 rings (SSSR count). The summed E-state index contributed by atoms with van der Waals surface area (Å²) in [7, 11) is 0. The number of nitrogens with zero attached hydrogens (tertiary/aromatic N) is 3. The molecule has 4 heteroatoms. The second kappa shape index (κ2) is 7.40. The molecule has 0 spiro atoms. The molecule has 0 unspecified atom stereocenters. The van der Waals surface area contributed by atoms with E-state index < -0.39 is 0 Å². The van der Waals surface area contributed by atoms with Crippen LogP contribution in [0.1, 0.15) is 39.5 Å². The molecule has 21 heavy (non-hydrogen) atoms. The SMILES string of the molecule is CC(C)N1CCC(N2CCC(N3CCOCC3)CC2)CC1. The fraction of sp³-hybridized carbons (Fsp3) is 1.00. The summed E-state index contributed by atoms with van der Waals surface area (Å²) in [6.45, 7) is 14.1. The van der Waals surface area contributed by atoms with Crippen LogP contribution in [0.5, 0.6) is 0 Å². The molecule has 4 nitrogen and oxygen atoms in total. The number of piperidine rings is 2. The molecular formula is C17H33N3O. The van der Waals surface area contributed by atoms with Gasteiger partial charge in [0.25, 0.3) is 0 Å².